The molecule has 0 radical (unpaired) electrons. The van der Waals surface area contributed by atoms with Gasteiger partial charge in [-0.05, 0) is 30.0 Å². The Morgan fingerprint density at radius 2 is 1.86 bits per heavy atom. The maximum absolute atomic E-state index is 12.6. The first kappa shape index (κ1) is 11.5. The summed E-state index contributed by atoms with van der Waals surface area (Å²) in [6.07, 6.45) is 3.68. The quantitative estimate of drug-likeness (QED) is 0.824. The highest BCUT2D eigenvalue weighted by Crippen LogP contribution is 2.36. The van der Waals surface area contributed by atoms with Crippen LogP contribution in [0.2, 0.25) is 0 Å². The van der Waals surface area contributed by atoms with Crippen molar-refractivity contribution >= 4 is 12.4 Å². The normalized spacial score (nSPS) is 17.3. The molecule has 3 heteroatoms. The van der Waals surface area contributed by atoms with Crippen molar-refractivity contribution in [3.05, 3.63) is 35.6 Å². The van der Waals surface area contributed by atoms with Crippen molar-refractivity contribution in [2.75, 3.05) is 0 Å². The first-order chi connectivity index (χ1) is 6.25. The van der Waals surface area contributed by atoms with Crippen LogP contribution in [-0.4, -0.2) is 0 Å². The molecule has 0 heterocycles. The summed E-state index contributed by atoms with van der Waals surface area (Å²) in [6, 6.07) is 6.60. The molecule has 14 heavy (non-hydrogen) atoms. The highest BCUT2D eigenvalue weighted by molar-refractivity contribution is 5.85. The van der Waals surface area contributed by atoms with E-state index >= 15 is 0 Å². The van der Waals surface area contributed by atoms with Crippen molar-refractivity contribution in [3.63, 3.8) is 0 Å². The standard InChI is InChI=1S/C11H14FN.ClH/c12-10-5-3-9(4-6-10)11(13)7-8-1-2-8;/h3-6,8,11H,1-2,7,13H2;1H. The molecule has 1 aromatic carbocycles. The summed E-state index contributed by atoms with van der Waals surface area (Å²) in [4.78, 5) is 0. The van der Waals surface area contributed by atoms with Crippen molar-refractivity contribution in [2.45, 2.75) is 25.3 Å². The minimum Gasteiger partial charge on any atom is -0.324 e. The van der Waals surface area contributed by atoms with E-state index in [4.69, 9.17) is 5.73 Å². The van der Waals surface area contributed by atoms with Crippen LogP contribution >= 0.6 is 12.4 Å². The van der Waals surface area contributed by atoms with Crippen LogP contribution in [0.3, 0.4) is 0 Å². The van der Waals surface area contributed by atoms with Gasteiger partial charge in [0, 0.05) is 6.04 Å². The molecule has 0 aliphatic heterocycles. The molecular weight excluding hydrogens is 201 g/mol. The summed E-state index contributed by atoms with van der Waals surface area (Å²) >= 11 is 0. The Morgan fingerprint density at radius 3 is 2.36 bits per heavy atom. The predicted octanol–water partition coefficient (Wildman–Crippen LogP) is 3.05. The highest BCUT2D eigenvalue weighted by atomic mass is 35.5. The maximum Gasteiger partial charge on any atom is 0.123 e. The second kappa shape index (κ2) is 4.76. The number of nitrogens with two attached hydrogens (primary N) is 1. The number of hydrogen-bond acceptors (Lipinski definition) is 1. The monoisotopic (exact) mass is 215 g/mol. The van der Waals surface area contributed by atoms with E-state index in [-0.39, 0.29) is 24.3 Å². The largest absolute Gasteiger partial charge is 0.324 e. The summed E-state index contributed by atoms with van der Waals surface area (Å²) < 4.78 is 12.6. The first-order valence-corrected chi connectivity index (χ1v) is 4.77. The van der Waals surface area contributed by atoms with Gasteiger partial charge < -0.3 is 5.73 Å². The van der Waals surface area contributed by atoms with Gasteiger partial charge in [0.05, 0.1) is 0 Å². The maximum atomic E-state index is 12.6. The Bertz CT molecular complexity index is 282. The van der Waals surface area contributed by atoms with Crippen molar-refractivity contribution in [1.82, 2.24) is 0 Å². The molecule has 1 aliphatic carbocycles. The molecule has 0 amide bonds. The van der Waals surface area contributed by atoms with E-state index in [0.29, 0.717) is 0 Å². The molecule has 1 unspecified atom stereocenters. The van der Waals surface area contributed by atoms with Gasteiger partial charge in [0.1, 0.15) is 5.82 Å². The van der Waals surface area contributed by atoms with Crippen molar-refractivity contribution in [2.24, 2.45) is 11.7 Å². The van der Waals surface area contributed by atoms with Crippen molar-refractivity contribution in [3.8, 4) is 0 Å². The molecule has 1 aromatic rings. The zero-order chi connectivity index (χ0) is 9.26. The van der Waals surface area contributed by atoms with Crippen LogP contribution in [0.4, 0.5) is 4.39 Å². The summed E-state index contributed by atoms with van der Waals surface area (Å²) in [5.74, 6) is 0.627. The van der Waals surface area contributed by atoms with Gasteiger partial charge >= 0.3 is 0 Å². The Labute approximate surface area is 89.9 Å². The third kappa shape index (κ3) is 2.96. The molecule has 0 aromatic heterocycles. The second-order valence-corrected chi connectivity index (χ2v) is 3.84. The lowest BCUT2D eigenvalue weighted by molar-refractivity contribution is 0.591. The van der Waals surface area contributed by atoms with E-state index < -0.39 is 0 Å². The lowest BCUT2D eigenvalue weighted by Crippen LogP contribution is -2.10. The Hall–Kier alpha value is -0.600. The van der Waals surface area contributed by atoms with Gasteiger partial charge in [0.2, 0.25) is 0 Å². The van der Waals surface area contributed by atoms with E-state index in [1.165, 1.54) is 25.0 Å². The van der Waals surface area contributed by atoms with E-state index in [9.17, 15) is 4.39 Å². The lowest BCUT2D eigenvalue weighted by Gasteiger charge is -2.10. The molecule has 0 spiro atoms. The molecule has 78 valence electrons. The number of hydrogen-bond donors (Lipinski definition) is 1. The van der Waals surface area contributed by atoms with Crippen LogP contribution in [-0.2, 0) is 0 Å². The second-order valence-electron chi connectivity index (χ2n) is 3.84. The molecule has 2 N–H and O–H groups in total. The van der Waals surface area contributed by atoms with Crippen LogP contribution in [0.25, 0.3) is 0 Å². The number of rotatable bonds is 3. The number of benzene rings is 1. The van der Waals surface area contributed by atoms with Crippen molar-refractivity contribution in [1.29, 1.82) is 0 Å². The van der Waals surface area contributed by atoms with E-state index in [1.54, 1.807) is 12.1 Å². The van der Waals surface area contributed by atoms with Gasteiger partial charge in [-0.15, -0.1) is 12.4 Å². The van der Waals surface area contributed by atoms with Crippen LogP contribution in [0.1, 0.15) is 30.9 Å². The fraction of sp³-hybridized carbons (Fsp3) is 0.455. The van der Waals surface area contributed by atoms with Crippen LogP contribution in [0.15, 0.2) is 24.3 Å². The molecule has 1 nitrogen and oxygen atoms in total. The van der Waals surface area contributed by atoms with Gasteiger partial charge in [-0.25, -0.2) is 4.39 Å². The molecule has 1 atom stereocenters. The molecule has 2 rings (SSSR count). The van der Waals surface area contributed by atoms with E-state index in [0.717, 1.165) is 17.9 Å². The fourth-order valence-electron chi connectivity index (χ4n) is 1.56. The Kier molecular flexibility index (Phi) is 3.90. The van der Waals surface area contributed by atoms with Crippen LogP contribution in [0, 0.1) is 11.7 Å². The number of halogens is 2. The van der Waals surface area contributed by atoms with Crippen LogP contribution in [0.5, 0.6) is 0 Å². The average molecular weight is 216 g/mol. The van der Waals surface area contributed by atoms with Gasteiger partial charge in [0.25, 0.3) is 0 Å². The van der Waals surface area contributed by atoms with Gasteiger partial charge in [-0.3, -0.25) is 0 Å². The Morgan fingerprint density at radius 1 is 1.29 bits per heavy atom. The zero-order valence-corrected chi connectivity index (χ0v) is 8.77. The third-order valence-electron chi connectivity index (χ3n) is 2.58. The average Bonchev–Trinajstić information content (AvgIpc) is 2.89. The van der Waals surface area contributed by atoms with Gasteiger partial charge in [-0.1, -0.05) is 25.0 Å². The van der Waals surface area contributed by atoms with Crippen molar-refractivity contribution < 1.29 is 4.39 Å². The minimum atomic E-state index is -0.192. The summed E-state index contributed by atoms with van der Waals surface area (Å²) in [7, 11) is 0. The van der Waals surface area contributed by atoms with Gasteiger partial charge in [0.15, 0.2) is 0 Å². The summed E-state index contributed by atoms with van der Waals surface area (Å²) in [5, 5.41) is 0. The summed E-state index contributed by atoms with van der Waals surface area (Å²) in [6.45, 7) is 0. The first-order valence-electron chi connectivity index (χ1n) is 4.77. The minimum absolute atomic E-state index is 0. The SMILES string of the molecule is Cl.NC(CC1CC1)c1ccc(F)cc1. The molecular formula is C11H15ClFN. The molecule has 0 bridgehead atoms. The Balaban J connectivity index is 0.000000980. The van der Waals surface area contributed by atoms with E-state index in [1.807, 2.05) is 0 Å². The molecule has 0 saturated heterocycles. The molecule has 1 fully saturated rings. The zero-order valence-electron chi connectivity index (χ0n) is 7.95. The topological polar surface area (TPSA) is 26.0 Å². The highest BCUT2D eigenvalue weighted by Gasteiger charge is 2.24. The van der Waals surface area contributed by atoms with E-state index in [2.05, 4.69) is 0 Å². The molecule has 1 aliphatic rings. The predicted molar refractivity (Wildman–Crippen MR) is 57.9 cm³/mol. The van der Waals surface area contributed by atoms with Gasteiger partial charge in [-0.2, -0.15) is 0 Å². The van der Waals surface area contributed by atoms with Crippen LogP contribution < -0.4 is 5.73 Å². The smallest absolute Gasteiger partial charge is 0.123 e. The molecule has 1 saturated carbocycles. The fourth-order valence-corrected chi connectivity index (χ4v) is 1.56. The summed E-state index contributed by atoms with van der Waals surface area (Å²) in [5.41, 5.74) is 7.01. The third-order valence-corrected chi connectivity index (χ3v) is 2.58. The lowest BCUT2D eigenvalue weighted by atomic mass is 10.0.